The van der Waals surface area contributed by atoms with Crippen molar-refractivity contribution in [1.82, 2.24) is 15.6 Å². The number of aliphatic imine (C=N–C) groups is 1. The van der Waals surface area contributed by atoms with Crippen molar-refractivity contribution in [2.24, 2.45) is 4.99 Å². The molecule has 6 nitrogen and oxygen atoms in total. The lowest BCUT2D eigenvalue weighted by atomic mass is 10.1. The van der Waals surface area contributed by atoms with Crippen molar-refractivity contribution >= 4 is 5.96 Å². The summed E-state index contributed by atoms with van der Waals surface area (Å²) >= 11 is 0. The Kier molecular flexibility index (Phi) is 8.26. The molecule has 2 aromatic rings. The van der Waals surface area contributed by atoms with E-state index in [0.29, 0.717) is 19.8 Å². The van der Waals surface area contributed by atoms with Gasteiger partial charge in [0.1, 0.15) is 0 Å². The van der Waals surface area contributed by atoms with Crippen molar-refractivity contribution in [2.45, 2.75) is 26.8 Å². The molecule has 26 heavy (non-hydrogen) atoms. The van der Waals surface area contributed by atoms with Crippen molar-refractivity contribution in [1.29, 1.82) is 0 Å². The minimum atomic E-state index is 0.617. The lowest BCUT2D eigenvalue weighted by Gasteiger charge is -2.14. The van der Waals surface area contributed by atoms with Crippen LogP contribution < -0.4 is 20.1 Å². The van der Waals surface area contributed by atoms with Gasteiger partial charge in [0.2, 0.25) is 0 Å². The third-order valence-electron chi connectivity index (χ3n) is 3.70. The van der Waals surface area contributed by atoms with Gasteiger partial charge in [0, 0.05) is 19.8 Å². The van der Waals surface area contributed by atoms with E-state index in [1.165, 1.54) is 5.56 Å². The molecule has 0 saturated carbocycles. The van der Waals surface area contributed by atoms with Gasteiger partial charge in [-0.2, -0.15) is 0 Å². The van der Waals surface area contributed by atoms with Gasteiger partial charge in [-0.15, -0.1) is 0 Å². The van der Waals surface area contributed by atoms with Gasteiger partial charge in [-0.3, -0.25) is 9.98 Å². The Morgan fingerprint density at radius 1 is 1.04 bits per heavy atom. The summed E-state index contributed by atoms with van der Waals surface area (Å²) in [6, 6.07) is 11.9. The molecule has 1 heterocycles. The van der Waals surface area contributed by atoms with Crippen molar-refractivity contribution in [3.8, 4) is 11.5 Å². The molecule has 0 aliphatic carbocycles. The fraction of sp³-hybridized carbons (Fsp3) is 0.400. The summed E-state index contributed by atoms with van der Waals surface area (Å²) in [7, 11) is 1.76. The Balaban J connectivity index is 1.84. The molecule has 0 bridgehead atoms. The maximum absolute atomic E-state index is 5.68. The zero-order chi connectivity index (χ0) is 18.6. The van der Waals surface area contributed by atoms with Crippen LogP contribution in [0.4, 0.5) is 0 Å². The second-order valence-corrected chi connectivity index (χ2v) is 5.57. The molecule has 1 aromatic carbocycles. The zero-order valence-electron chi connectivity index (χ0n) is 15.8. The number of pyridine rings is 1. The van der Waals surface area contributed by atoms with E-state index in [1.54, 1.807) is 13.2 Å². The Morgan fingerprint density at radius 2 is 1.85 bits per heavy atom. The maximum atomic E-state index is 5.68. The fourth-order valence-electron chi connectivity index (χ4n) is 2.47. The zero-order valence-corrected chi connectivity index (χ0v) is 15.8. The molecule has 0 fully saturated rings. The predicted octanol–water partition coefficient (Wildman–Crippen LogP) is 2.79. The molecule has 0 saturated heterocycles. The fourth-order valence-corrected chi connectivity index (χ4v) is 2.47. The summed E-state index contributed by atoms with van der Waals surface area (Å²) in [5, 5.41) is 6.58. The highest BCUT2D eigenvalue weighted by Gasteiger charge is 2.06. The van der Waals surface area contributed by atoms with Gasteiger partial charge in [-0.1, -0.05) is 12.1 Å². The van der Waals surface area contributed by atoms with E-state index < -0.39 is 0 Å². The first-order chi connectivity index (χ1) is 12.8. The second kappa shape index (κ2) is 11.0. The molecule has 0 spiro atoms. The first-order valence-electron chi connectivity index (χ1n) is 8.99. The molecule has 6 heteroatoms. The second-order valence-electron chi connectivity index (χ2n) is 5.57. The lowest BCUT2D eigenvalue weighted by molar-refractivity contribution is 0.287. The number of ether oxygens (including phenoxy) is 2. The van der Waals surface area contributed by atoms with Crippen LogP contribution in [0.25, 0.3) is 0 Å². The molecule has 0 aliphatic rings. The lowest BCUT2D eigenvalue weighted by Crippen LogP contribution is -2.38. The van der Waals surface area contributed by atoms with Gasteiger partial charge in [0.15, 0.2) is 17.5 Å². The first-order valence-corrected chi connectivity index (χ1v) is 8.99. The molecule has 1 aromatic heterocycles. The molecule has 2 N–H and O–H groups in total. The van der Waals surface area contributed by atoms with E-state index in [2.05, 4.69) is 26.7 Å². The summed E-state index contributed by atoms with van der Waals surface area (Å²) in [5.74, 6) is 2.34. The predicted molar refractivity (Wildman–Crippen MR) is 105 cm³/mol. The molecule has 140 valence electrons. The van der Waals surface area contributed by atoms with Crippen LogP contribution in [0, 0.1) is 0 Å². The number of nitrogens with zero attached hydrogens (tertiary/aromatic N) is 2. The number of hydrogen-bond donors (Lipinski definition) is 2. The molecular formula is C20H28N4O2. The van der Waals surface area contributed by atoms with E-state index >= 15 is 0 Å². The Bertz CT molecular complexity index is 689. The van der Waals surface area contributed by atoms with Crippen molar-refractivity contribution in [2.75, 3.05) is 26.8 Å². The van der Waals surface area contributed by atoms with E-state index in [-0.39, 0.29) is 0 Å². The standard InChI is InChI=1S/C20H28N4O2/c1-4-25-18-10-9-16(14-19(18)26-5-2)11-13-23-20(21-3)24-15-17-8-6-7-12-22-17/h6-10,12,14H,4-5,11,13,15H2,1-3H3,(H2,21,23,24). The largest absolute Gasteiger partial charge is 0.490 e. The third-order valence-corrected chi connectivity index (χ3v) is 3.70. The van der Waals surface area contributed by atoms with Crippen LogP contribution in [0.1, 0.15) is 25.1 Å². The van der Waals surface area contributed by atoms with Crippen molar-refractivity contribution in [3.63, 3.8) is 0 Å². The minimum absolute atomic E-state index is 0.617. The number of rotatable bonds is 9. The van der Waals surface area contributed by atoms with E-state index in [0.717, 1.165) is 36.1 Å². The normalized spacial score (nSPS) is 11.1. The van der Waals surface area contributed by atoms with Crippen LogP contribution in [0.2, 0.25) is 0 Å². The quantitative estimate of drug-likeness (QED) is 0.534. The van der Waals surface area contributed by atoms with Crippen LogP contribution in [0.5, 0.6) is 11.5 Å². The van der Waals surface area contributed by atoms with Crippen LogP contribution in [0.3, 0.4) is 0 Å². The highest BCUT2D eigenvalue weighted by atomic mass is 16.5. The number of benzene rings is 1. The van der Waals surface area contributed by atoms with Gasteiger partial charge in [-0.25, -0.2) is 0 Å². The van der Waals surface area contributed by atoms with Crippen LogP contribution in [-0.2, 0) is 13.0 Å². The monoisotopic (exact) mass is 356 g/mol. The number of guanidine groups is 1. The third kappa shape index (κ3) is 6.27. The summed E-state index contributed by atoms with van der Waals surface area (Å²) in [6.07, 6.45) is 2.64. The van der Waals surface area contributed by atoms with Crippen LogP contribution >= 0.6 is 0 Å². The van der Waals surface area contributed by atoms with Gasteiger partial charge < -0.3 is 20.1 Å². The highest BCUT2D eigenvalue weighted by Crippen LogP contribution is 2.28. The molecule has 0 unspecified atom stereocenters. The Hall–Kier alpha value is -2.76. The van der Waals surface area contributed by atoms with E-state index in [4.69, 9.17) is 9.47 Å². The molecule has 0 amide bonds. The summed E-state index contributed by atoms with van der Waals surface area (Å²) in [5.41, 5.74) is 2.16. The summed E-state index contributed by atoms with van der Waals surface area (Å²) in [4.78, 5) is 8.53. The molecule has 0 aliphatic heterocycles. The highest BCUT2D eigenvalue weighted by molar-refractivity contribution is 5.79. The maximum Gasteiger partial charge on any atom is 0.191 e. The summed E-state index contributed by atoms with van der Waals surface area (Å²) < 4.78 is 11.3. The van der Waals surface area contributed by atoms with Crippen LogP contribution in [-0.4, -0.2) is 37.7 Å². The minimum Gasteiger partial charge on any atom is -0.490 e. The van der Waals surface area contributed by atoms with E-state index in [1.807, 2.05) is 44.2 Å². The van der Waals surface area contributed by atoms with Gasteiger partial charge in [0.05, 0.1) is 25.5 Å². The van der Waals surface area contributed by atoms with Crippen molar-refractivity contribution < 1.29 is 9.47 Å². The molecule has 2 rings (SSSR count). The van der Waals surface area contributed by atoms with Gasteiger partial charge >= 0.3 is 0 Å². The van der Waals surface area contributed by atoms with Crippen molar-refractivity contribution in [3.05, 3.63) is 53.9 Å². The number of aromatic nitrogens is 1. The number of nitrogens with one attached hydrogen (secondary N) is 2. The van der Waals surface area contributed by atoms with E-state index in [9.17, 15) is 0 Å². The van der Waals surface area contributed by atoms with Gasteiger partial charge in [0.25, 0.3) is 0 Å². The van der Waals surface area contributed by atoms with Crippen LogP contribution in [0.15, 0.2) is 47.6 Å². The molecular weight excluding hydrogens is 328 g/mol. The SMILES string of the molecule is CCOc1ccc(CCNC(=NC)NCc2ccccn2)cc1OCC. The molecule has 0 atom stereocenters. The first kappa shape index (κ1) is 19.6. The summed E-state index contributed by atoms with van der Waals surface area (Å²) in [6.45, 7) is 6.59. The smallest absolute Gasteiger partial charge is 0.191 e. The number of hydrogen-bond acceptors (Lipinski definition) is 4. The van der Waals surface area contributed by atoms with Gasteiger partial charge in [-0.05, 0) is 50.1 Å². The Morgan fingerprint density at radius 3 is 2.54 bits per heavy atom. The topological polar surface area (TPSA) is 67.8 Å². The molecule has 0 radical (unpaired) electrons. The Labute approximate surface area is 155 Å². The average molecular weight is 356 g/mol. The average Bonchev–Trinajstić information content (AvgIpc) is 2.67.